The first kappa shape index (κ1) is 9.61. The second-order valence-electron chi connectivity index (χ2n) is 3.97. The van der Waals surface area contributed by atoms with Gasteiger partial charge in [0.15, 0.2) is 5.82 Å². The van der Waals surface area contributed by atoms with E-state index in [1.54, 1.807) is 11.0 Å². The highest BCUT2D eigenvalue weighted by Gasteiger charge is 2.24. The molecule has 3 N–H and O–H groups in total. The monoisotopic (exact) mass is 195 g/mol. The van der Waals surface area contributed by atoms with E-state index in [0.29, 0.717) is 12.1 Å². The minimum Gasteiger partial charge on any atom is -0.328 e. The summed E-state index contributed by atoms with van der Waals surface area (Å²) in [6.45, 7) is 0.946. The number of nitrogens with zero attached hydrogens (tertiary/aromatic N) is 3. The highest BCUT2D eigenvalue weighted by atomic mass is 15.3. The van der Waals surface area contributed by atoms with E-state index in [1.165, 1.54) is 0 Å². The zero-order valence-corrected chi connectivity index (χ0v) is 8.48. The summed E-state index contributed by atoms with van der Waals surface area (Å²) < 4.78 is 1.73. The van der Waals surface area contributed by atoms with Gasteiger partial charge in [0, 0.05) is 32.1 Å². The van der Waals surface area contributed by atoms with Crippen molar-refractivity contribution in [3.05, 3.63) is 12.2 Å². The number of nitrogens with one attached hydrogen (secondary N) is 1. The average molecular weight is 195 g/mol. The molecule has 78 valence electrons. The molecule has 5 nitrogen and oxygen atoms in total. The van der Waals surface area contributed by atoms with Crippen molar-refractivity contribution in [1.29, 1.82) is 0 Å². The van der Waals surface area contributed by atoms with Crippen LogP contribution in [-0.4, -0.2) is 33.4 Å². The van der Waals surface area contributed by atoms with Gasteiger partial charge < -0.3 is 11.1 Å². The van der Waals surface area contributed by atoms with Crippen LogP contribution in [0.15, 0.2) is 6.33 Å². The van der Waals surface area contributed by atoms with Crippen LogP contribution in [0.5, 0.6) is 0 Å². The van der Waals surface area contributed by atoms with Gasteiger partial charge >= 0.3 is 0 Å². The van der Waals surface area contributed by atoms with Gasteiger partial charge in [-0.2, -0.15) is 5.10 Å². The molecule has 2 rings (SSSR count). The van der Waals surface area contributed by atoms with E-state index in [4.69, 9.17) is 5.73 Å². The van der Waals surface area contributed by atoms with Gasteiger partial charge in [0.2, 0.25) is 0 Å². The molecule has 5 heteroatoms. The highest BCUT2D eigenvalue weighted by Crippen LogP contribution is 2.16. The third kappa shape index (κ3) is 2.30. The highest BCUT2D eigenvalue weighted by molar-refractivity contribution is 4.89. The summed E-state index contributed by atoms with van der Waals surface area (Å²) in [5, 5.41) is 7.65. The fraction of sp³-hybridized carbons (Fsp3) is 0.778. The Kier molecular flexibility index (Phi) is 2.79. The van der Waals surface area contributed by atoms with Crippen molar-refractivity contribution in [2.45, 2.75) is 31.3 Å². The van der Waals surface area contributed by atoms with Crippen molar-refractivity contribution < 1.29 is 0 Å². The summed E-state index contributed by atoms with van der Waals surface area (Å²) in [5.74, 6) is 0.906. The molecule has 1 heterocycles. The zero-order valence-electron chi connectivity index (χ0n) is 8.48. The molecule has 0 aliphatic heterocycles. The van der Waals surface area contributed by atoms with Gasteiger partial charge in [-0.05, 0) is 12.8 Å². The maximum Gasteiger partial charge on any atom is 0.151 e. The standard InChI is InChI=1S/C9H17N5/c1-14-6-12-9(13-14)2-3-11-8-4-7(10)5-8/h6-8,11H,2-5,10H2,1H3. The second kappa shape index (κ2) is 4.06. The van der Waals surface area contributed by atoms with E-state index in [2.05, 4.69) is 15.4 Å². The largest absolute Gasteiger partial charge is 0.328 e. The molecular formula is C9H17N5. The molecule has 1 aromatic heterocycles. The van der Waals surface area contributed by atoms with Gasteiger partial charge in [-0.3, -0.25) is 4.68 Å². The SMILES string of the molecule is Cn1cnc(CCNC2CC(N)C2)n1. The Morgan fingerprint density at radius 2 is 2.43 bits per heavy atom. The van der Waals surface area contributed by atoms with E-state index < -0.39 is 0 Å². The quantitative estimate of drug-likeness (QED) is 0.675. The molecular weight excluding hydrogens is 178 g/mol. The maximum absolute atomic E-state index is 5.69. The fourth-order valence-electron chi connectivity index (χ4n) is 1.72. The molecule has 14 heavy (non-hydrogen) atoms. The molecule has 0 saturated heterocycles. The van der Waals surface area contributed by atoms with Crippen LogP contribution in [0.3, 0.4) is 0 Å². The molecule has 0 unspecified atom stereocenters. The van der Waals surface area contributed by atoms with Gasteiger partial charge in [-0.15, -0.1) is 0 Å². The Bertz CT molecular complexity index is 289. The van der Waals surface area contributed by atoms with E-state index in [-0.39, 0.29) is 0 Å². The number of hydrogen-bond acceptors (Lipinski definition) is 4. The van der Waals surface area contributed by atoms with E-state index in [0.717, 1.165) is 31.6 Å². The number of aromatic nitrogens is 3. The Hall–Kier alpha value is -0.940. The number of rotatable bonds is 4. The van der Waals surface area contributed by atoms with Gasteiger partial charge in [-0.1, -0.05) is 0 Å². The average Bonchev–Trinajstić information content (AvgIpc) is 2.48. The number of hydrogen-bond donors (Lipinski definition) is 2. The third-order valence-corrected chi connectivity index (χ3v) is 2.60. The van der Waals surface area contributed by atoms with Crippen LogP contribution in [0.4, 0.5) is 0 Å². The lowest BCUT2D eigenvalue weighted by Gasteiger charge is -2.33. The molecule has 0 radical (unpaired) electrons. The lowest BCUT2D eigenvalue weighted by molar-refractivity contribution is 0.293. The minimum absolute atomic E-state index is 0.417. The third-order valence-electron chi connectivity index (χ3n) is 2.60. The van der Waals surface area contributed by atoms with Gasteiger partial charge in [0.1, 0.15) is 6.33 Å². The summed E-state index contributed by atoms with van der Waals surface area (Å²) >= 11 is 0. The van der Waals surface area contributed by atoms with Gasteiger partial charge in [0.05, 0.1) is 0 Å². The first-order valence-corrected chi connectivity index (χ1v) is 5.07. The van der Waals surface area contributed by atoms with Crippen LogP contribution in [-0.2, 0) is 13.5 Å². The van der Waals surface area contributed by atoms with Crippen LogP contribution in [0, 0.1) is 0 Å². The number of aryl methyl sites for hydroxylation is 1. The first-order valence-electron chi connectivity index (χ1n) is 5.07. The van der Waals surface area contributed by atoms with Crippen molar-refractivity contribution in [3.8, 4) is 0 Å². The minimum atomic E-state index is 0.417. The zero-order chi connectivity index (χ0) is 9.97. The Morgan fingerprint density at radius 1 is 1.64 bits per heavy atom. The maximum atomic E-state index is 5.69. The van der Waals surface area contributed by atoms with E-state index in [1.807, 2.05) is 7.05 Å². The number of nitrogens with two attached hydrogens (primary N) is 1. The Labute approximate surface area is 83.7 Å². The van der Waals surface area contributed by atoms with Crippen LogP contribution in [0.2, 0.25) is 0 Å². The van der Waals surface area contributed by atoms with Crippen molar-refractivity contribution >= 4 is 0 Å². The lowest BCUT2D eigenvalue weighted by Crippen LogP contribution is -2.48. The molecule has 1 aliphatic rings. The van der Waals surface area contributed by atoms with Crippen LogP contribution in [0.1, 0.15) is 18.7 Å². The molecule has 0 aromatic carbocycles. The van der Waals surface area contributed by atoms with Crippen LogP contribution in [0.25, 0.3) is 0 Å². The summed E-state index contributed by atoms with van der Waals surface area (Å²) in [6, 6.07) is 1.04. The van der Waals surface area contributed by atoms with Crippen molar-refractivity contribution in [1.82, 2.24) is 20.1 Å². The summed E-state index contributed by atoms with van der Waals surface area (Å²) in [4.78, 5) is 4.16. The van der Waals surface area contributed by atoms with Crippen molar-refractivity contribution in [2.24, 2.45) is 12.8 Å². The van der Waals surface area contributed by atoms with E-state index in [9.17, 15) is 0 Å². The summed E-state index contributed by atoms with van der Waals surface area (Å²) in [6.07, 6.45) is 4.84. The molecule has 0 amide bonds. The normalized spacial score (nSPS) is 26.1. The fourth-order valence-corrected chi connectivity index (χ4v) is 1.72. The Balaban J connectivity index is 1.63. The summed E-state index contributed by atoms with van der Waals surface area (Å²) in [7, 11) is 1.88. The van der Waals surface area contributed by atoms with Crippen molar-refractivity contribution in [3.63, 3.8) is 0 Å². The predicted octanol–water partition coefficient (Wildman–Crippen LogP) is -0.563. The van der Waals surface area contributed by atoms with Gasteiger partial charge in [0.25, 0.3) is 0 Å². The lowest BCUT2D eigenvalue weighted by atomic mass is 9.88. The molecule has 0 spiro atoms. The molecule has 1 aromatic rings. The van der Waals surface area contributed by atoms with Crippen molar-refractivity contribution in [2.75, 3.05) is 6.54 Å². The smallest absolute Gasteiger partial charge is 0.151 e. The molecule has 1 aliphatic carbocycles. The summed E-state index contributed by atoms with van der Waals surface area (Å²) in [5.41, 5.74) is 5.69. The molecule has 0 bridgehead atoms. The molecule has 1 saturated carbocycles. The first-order chi connectivity index (χ1) is 6.74. The Morgan fingerprint density at radius 3 is 3.00 bits per heavy atom. The van der Waals surface area contributed by atoms with Crippen LogP contribution >= 0.6 is 0 Å². The second-order valence-corrected chi connectivity index (χ2v) is 3.97. The molecule has 0 atom stereocenters. The predicted molar refractivity (Wildman–Crippen MR) is 53.7 cm³/mol. The van der Waals surface area contributed by atoms with Crippen LogP contribution < -0.4 is 11.1 Å². The topological polar surface area (TPSA) is 68.8 Å². The van der Waals surface area contributed by atoms with Gasteiger partial charge in [-0.25, -0.2) is 4.98 Å². The van der Waals surface area contributed by atoms with E-state index >= 15 is 0 Å². The molecule has 1 fully saturated rings.